The molecule has 0 radical (unpaired) electrons. The summed E-state index contributed by atoms with van der Waals surface area (Å²) in [6.45, 7) is 1.14. The maximum Gasteiger partial charge on any atom is 0.244 e. The van der Waals surface area contributed by atoms with E-state index in [1.165, 1.54) is 0 Å². The summed E-state index contributed by atoms with van der Waals surface area (Å²) in [6, 6.07) is 15.9. The van der Waals surface area contributed by atoms with Crippen LogP contribution in [-0.4, -0.2) is 31.2 Å². The van der Waals surface area contributed by atoms with E-state index >= 15 is 0 Å². The molecule has 1 heterocycles. The van der Waals surface area contributed by atoms with Crippen LogP contribution in [0.1, 0.15) is 17.5 Å². The van der Waals surface area contributed by atoms with Gasteiger partial charge in [-0.2, -0.15) is 5.26 Å². The van der Waals surface area contributed by atoms with Crippen molar-refractivity contribution in [1.29, 1.82) is 5.26 Å². The Kier molecular flexibility index (Phi) is 7.12. The van der Waals surface area contributed by atoms with Crippen LogP contribution in [0.15, 0.2) is 54.7 Å². The number of amides is 1. The van der Waals surface area contributed by atoms with Crippen LogP contribution in [0.25, 0.3) is 17.0 Å². The highest BCUT2D eigenvalue weighted by Gasteiger charge is 2.07. The highest BCUT2D eigenvalue weighted by Crippen LogP contribution is 2.27. The molecule has 1 aromatic heterocycles. The number of hydrogen-bond donors (Lipinski definition) is 1. The van der Waals surface area contributed by atoms with Crippen molar-refractivity contribution in [3.63, 3.8) is 0 Å². The van der Waals surface area contributed by atoms with Gasteiger partial charge in [0.25, 0.3) is 0 Å². The first-order valence-corrected chi connectivity index (χ1v) is 9.78. The van der Waals surface area contributed by atoms with Gasteiger partial charge in [-0.15, -0.1) is 0 Å². The number of nitriles is 1. The number of ether oxygens (including phenoxy) is 2. The van der Waals surface area contributed by atoms with Crippen molar-refractivity contribution in [1.82, 2.24) is 9.88 Å². The predicted octanol–water partition coefficient (Wildman–Crippen LogP) is 3.94. The maximum absolute atomic E-state index is 12.3. The molecule has 0 atom stereocenters. The van der Waals surface area contributed by atoms with Gasteiger partial charge in [-0.1, -0.05) is 24.3 Å². The molecule has 0 bridgehead atoms. The molecule has 0 aliphatic rings. The van der Waals surface area contributed by atoms with Crippen molar-refractivity contribution in [3.8, 4) is 17.6 Å². The van der Waals surface area contributed by atoms with Crippen LogP contribution >= 0.6 is 0 Å². The molecule has 0 aliphatic heterocycles. The number of benzene rings is 2. The number of aromatic nitrogens is 1. The smallest absolute Gasteiger partial charge is 0.244 e. The van der Waals surface area contributed by atoms with E-state index in [0.29, 0.717) is 37.4 Å². The van der Waals surface area contributed by atoms with Crippen LogP contribution in [0.4, 0.5) is 0 Å². The topological polar surface area (TPSA) is 76.3 Å². The SMILES string of the molecule is COc1ccc(CCNC(=O)/C=C/c2cn(CCC#N)c3ccccc23)cc1OC. The number of fused-ring (bicyclic) bond motifs is 1. The molecular formula is C24H25N3O3. The molecule has 6 nitrogen and oxygen atoms in total. The Labute approximate surface area is 176 Å². The number of carbonyl (C=O) groups excluding carboxylic acids is 1. The Hall–Kier alpha value is -3.72. The average molecular weight is 403 g/mol. The fourth-order valence-electron chi connectivity index (χ4n) is 3.35. The number of nitrogens with zero attached hydrogens (tertiary/aromatic N) is 2. The second-order valence-corrected chi connectivity index (χ2v) is 6.77. The number of nitrogens with one attached hydrogen (secondary N) is 1. The monoisotopic (exact) mass is 403 g/mol. The van der Waals surface area contributed by atoms with E-state index in [0.717, 1.165) is 22.0 Å². The summed E-state index contributed by atoms with van der Waals surface area (Å²) >= 11 is 0. The molecule has 0 fully saturated rings. The Balaban J connectivity index is 1.61. The fourth-order valence-corrected chi connectivity index (χ4v) is 3.35. The zero-order chi connectivity index (χ0) is 21.3. The van der Waals surface area contributed by atoms with Crippen molar-refractivity contribution in [2.45, 2.75) is 19.4 Å². The van der Waals surface area contributed by atoms with Gasteiger partial charge >= 0.3 is 0 Å². The summed E-state index contributed by atoms with van der Waals surface area (Å²) in [7, 11) is 3.20. The number of hydrogen-bond acceptors (Lipinski definition) is 4. The maximum atomic E-state index is 12.3. The molecule has 0 unspecified atom stereocenters. The molecule has 154 valence electrons. The van der Waals surface area contributed by atoms with E-state index < -0.39 is 0 Å². The minimum atomic E-state index is -0.149. The van der Waals surface area contributed by atoms with Crippen LogP contribution in [0, 0.1) is 11.3 Å². The Morgan fingerprint density at radius 3 is 2.73 bits per heavy atom. The van der Waals surface area contributed by atoms with Gasteiger partial charge in [-0.05, 0) is 36.3 Å². The van der Waals surface area contributed by atoms with Crippen molar-refractivity contribution in [2.24, 2.45) is 0 Å². The Morgan fingerprint density at radius 1 is 1.17 bits per heavy atom. The number of rotatable bonds is 9. The average Bonchev–Trinajstić information content (AvgIpc) is 3.14. The molecule has 1 N–H and O–H groups in total. The zero-order valence-corrected chi connectivity index (χ0v) is 17.2. The van der Waals surface area contributed by atoms with Gasteiger partial charge in [0.2, 0.25) is 5.91 Å². The Morgan fingerprint density at radius 2 is 1.97 bits per heavy atom. The molecule has 1 amide bonds. The normalized spacial score (nSPS) is 10.8. The van der Waals surface area contributed by atoms with Gasteiger partial charge in [0.15, 0.2) is 11.5 Å². The van der Waals surface area contributed by atoms with Crippen LogP contribution in [0.5, 0.6) is 11.5 Å². The summed E-state index contributed by atoms with van der Waals surface area (Å²) in [5, 5.41) is 12.8. The first-order chi connectivity index (χ1) is 14.7. The predicted molar refractivity (Wildman–Crippen MR) is 117 cm³/mol. The van der Waals surface area contributed by atoms with E-state index in [1.54, 1.807) is 20.3 Å². The minimum Gasteiger partial charge on any atom is -0.493 e. The molecule has 3 rings (SSSR count). The number of methoxy groups -OCH3 is 2. The van der Waals surface area contributed by atoms with Crippen LogP contribution < -0.4 is 14.8 Å². The van der Waals surface area contributed by atoms with Gasteiger partial charge in [0.1, 0.15) is 0 Å². The summed E-state index contributed by atoms with van der Waals surface area (Å²) < 4.78 is 12.6. The standard InChI is InChI=1S/C24H25N3O3/c1-29-22-10-8-18(16-23(22)30-2)12-14-26-24(28)11-9-19-17-27(15-5-13-25)21-7-4-3-6-20(19)21/h3-4,6-11,16-17H,5,12,14-15H2,1-2H3,(H,26,28)/b11-9+. The second-order valence-electron chi connectivity index (χ2n) is 6.77. The summed E-state index contributed by atoms with van der Waals surface area (Å²) in [5.41, 5.74) is 3.07. The largest absolute Gasteiger partial charge is 0.493 e. The third-order valence-electron chi connectivity index (χ3n) is 4.86. The van der Waals surface area contributed by atoms with Crippen molar-refractivity contribution >= 4 is 22.9 Å². The minimum absolute atomic E-state index is 0.149. The van der Waals surface area contributed by atoms with Crippen molar-refractivity contribution in [3.05, 3.63) is 65.9 Å². The molecule has 0 saturated heterocycles. The lowest BCUT2D eigenvalue weighted by molar-refractivity contribution is -0.116. The fraction of sp³-hybridized carbons (Fsp3) is 0.250. The van der Waals surface area contributed by atoms with E-state index in [1.807, 2.05) is 59.3 Å². The highest BCUT2D eigenvalue weighted by molar-refractivity contribution is 5.96. The molecule has 30 heavy (non-hydrogen) atoms. The number of para-hydroxylation sites is 1. The van der Waals surface area contributed by atoms with E-state index in [9.17, 15) is 4.79 Å². The molecule has 0 saturated carbocycles. The van der Waals surface area contributed by atoms with Crippen molar-refractivity contribution < 1.29 is 14.3 Å². The molecular weight excluding hydrogens is 378 g/mol. The molecule has 6 heteroatoms. The molecule has 3 aromatic rings. The van der Waals surface area contributed by atoms with Gasteiger partial charge in [0, 0.05) is 41.8 Å². The third kappa shape index (κ3) is 5.00. The van der Waals surface area contributed by atoms with Crippen LogP contribution in [-0.2, 0) is 17.8 Å². The lowest BCUT2D eigenvalue weighted by Crippen LogP contribution is -2.23. The Bertz CT molecular complexity index is 1090. The molecule has 0 spiro atoms. The van der Waals surface area contributed by atoms with E-state index in [-0.39, 0.29) is 5.91 Å². The number of aryl methyl sites for hydroxylation is 1. The van der Waals surface area contributed by atoms with Gasteiger partial charge in [0.05, 0.1) is 26.7 Å². The molecule has 2 aromatic carbocycles. The van der Waals surface area contributed by atoms with Gasteiger partial charge in [-0.25, -0.2) is 0 Å². The van der Waals surface area contributed by atoms with Crippen LogP contribution in [0.3, 0.4) is 0 Å². The highest BCUT2D eigenvalue weighted by atomic mass is 16.5. The lowest BCUT2D eigenvalue weighted by atomic mass is 10.1. The second kappa shape index (κ2) is 10.2. The first kappa shape index (κ1) is 21.0. The lowest BCUT2D eigenvalue weighted by Gasteiger charge is -2.09. The van der Waals surface area contributed by atoms with E-state index in [4.69, 9.17) is 14.7 Å². The van der Waals surface area contributed by atoms with Crippen LogP contribution in [0.2, 0.25) is 0 Å². The van der Waals surface area contributed by atoms with E-state index in [2.05, 4.69) is 11.4 Å². The summed E-state index contributed by atoms with van der Waals surface area (Å²) in [4.78, 5) is 12.3. The first-order valence-electron chi connectivity index (χ1n) is 9.78. The molecule has 0 aliphatic carbocycles. The quantitative estimate of drug-likeness (QED) is 0.549. The summed E-state index contributed by atoms with van der Waals surface area (Å²) in [6.07, 6.45) is 6.48. The third-order valence-corrected chi connectivity index (χ3v) is 4.86. The zero-order valence-electron chi connectivity index (χ0n) is 17.2. The van der Waals surface area contributed by atoms with Gasteiger partial charge in [-0.3, -0.25) is 4.79 Å². The van der Waals surface area contributed by atoms with Gasteiger partial charge < -0.3 is 19.4 Å². The number of carbonyl (C=O) groups is 1. The van der Waals surface area contributed by atoms with Crippen molar-refractivity contribution in [2.75, 3.05) is 20.8 Å². The summed E-state index contributed by atoms with van der Waals surface area (Å²) in [5.74, 6) is 1.21.